The Morgan fingerprint density at radius 1 is 1.24 bits per heavy atom. The number of piperidine rings is 1. The van der Waals surface area contributed by atoms with E-state index in [-0.39, 0.29) is 18.4 Å². The predicted molar refractivity (Wildman–Crippen MR) is 56.2 cm³/mol. The number of benzene rings is 1. The van der Waals surface area contributed by atoms with Gasteiger partial charge in [0.25, 0.3) is 0 Å². The highest BCUT2D eigenvalue weighted by Gasteiger charge is 2.32. The second-order valence-electron chi connectivity index (χ2n) is 4.15. The van der Waals surface area contributed by atoms with E-state index in [9.17, 15) is 18.4 Å². The molecule has 1 heterocycles. The molecule has 0 bridgehead atoms. The number of imide groups is 1. The van der Waals surface area contributed by atoms with Crippen LogP contribution in [0.3, 0.4) is 0 Å². The van der Waals surface area contributed by atoms with E-state index >= 15 is 0 Å². The molecular formula is C12H11F2NO2. The lowest BCUT2D eigenvalue weighted by Gasteiger charge is -2.22. The van der Waals surface area contributed by atoms with Crippen LogP contribution in [-0.4, -0.2) is 11.8 Å². The van der Waals surface area contributed by atoms with Gasteiger partial charge in [0.2, 0.25) is 11.8 Å². The molecule has 0 aliphatic carbocycles. The van der Waals surface area contributed by atoms with Crippen molar-refractivity contribution >= 4 is 11.8 Å². The van der Waals surface area contributed by atoms with Crippen LogP contribution in [0.5, 0.6) is 0 Å². The van der Waals surface area contributed by atoms with Crippen LogP contribution >= 0.6 is 0 Å². The van der Waals surface area contributed by atoms with Crippen molar-refractivity contribution in [1.82, 2.24) is 5.32 Å². The number of aryl methyl sites for hydroxylation is 1. The smallest absolute Gasteiger partial charge is 0.234 e. The summed E-state index contributed by atoms with van der Waals surface area (Å²) in [4.78, 5) is 22.5. The Balaban J connectivity index is 2.40. The van der Waals surface area contributed by atoms with Gasteiger partial charge in [0, 0.05) is 12.0 Å². The van der Waals surface area contributed by atoms with Gasteiger partial charge in [0.05, 0.1) is 5.92 Å². The maximum Gasteiger partial charge on any atom is 0.234 e. The minimum Gasteiger partial charge on any atom is -0.296 e. The molecule has 1 N–H and O–H groups in total. The first-order valence-corrected chi connectivity index (χ1v) is 5.28. The molecule has 0 spiro atoms. The lowest BCUT2D eigenvalue weighted by atomic mass is 9.89. The van der Waals surface area contributed by atoms with Gasteiger partial charge in [0.1, 0.15) is 11.6 Å². The fourth-order valence-corrected chi connectivity index (χ4v) is 2.01. The van der Waals surface area contributed by atoms with E-state index in [1.165, 1.54) is 12.1 Å². The maximum absolute atomic E-state index is 13.7. The van der Waals surface area contributed by atoms with Crippen molar-refractivity contribution in [2.24, 2.45) is 0 Å². The Hall–Kier alpha value is -1.78. The molecule has 1 fully saturated rings. The largest absolute Gasteiger partial charge is 0.296 e. The fraction of sp³-hybridized carbons (Fsp3) is 0.333. The average molecular weight is 239 g/mol. The van der Waals surface area contributed by atoms with Crippen molar-refractivity contribution in [3.63, 3.8) is 0 Å². The normalized spacial score (nSPS) is 20.3. The molecule has 2 rings (SSSR count). The monoisotopic (exact) mass is 239 g/mol. The van der Waals surface area contributed by atoms with Gasteiger partial charge in [-0.2, -0.15) is 0 Å². The summed E-state index contributed by atoms with van der Waals surface area (Å²) in [6.07, 6.45) is 0.241. The first-order chi connectivity index (χ1) is 7.99. The predicted octanol–water partition coefficient (Wildman–Crippen LogP) is 1.79. The SMILES string of the molecule is Cc1cc(F)c(C2CCC(=O)NC2=O)c(F)c1. The lowest BCUT2D eigenvalue weighted by Crippen LogP contribution is -2.40. The summed E-state index contributed by atoms with van der Waals surface area (Å²) in [6, 6.07) is 2.37. The molecule has 17 heavy (non-hydrogen) atoms. The molecule has 3 nitrogen and oxygen atoms in total. The minimum absolute atomic E-state index is 0.100. The molecule has 5 heteroatoms. The van der Waals surface area contributed by atoms with Crippen LogP contribution in [0.1, 0.15) is 29.9 Å². The summed E-state index contributed by atoms with van der Waals surface area (Å²) < 4.78 is 27.3. The Morgan fingerprint density at radius 3 is 2.35 bits per heavy atom. The topological polar surface area (TPSA) is 46.2 Å². The van der Waals surface area contributed by atoms with Gasteiger partial charge in [-0.25, -0.2) is 8.78 Å². The summed E-state index contributed by atoms with van der Waals surface area (Å²) in [7, 11) is 0. The van der Waals surface area contributed by atoms with Crippen LogP contribution in [0.2, 0.25) is 0 Å². The number of nitrogens with one attached hydrogen (secondary N) is 1. The molecule has 1 aromatic rings. The zero-order chi connectivity index (χ0) is 12.6. The Bertz CT molecular complexity index is 476. The van der Waals surface area contributed by atoms with Crippen molar-refractivity contribution in [3.05, 3.63) is 34.9 Å². The van der Waals surface area contributed by atoms with Crippen LogP contribution in [0, 0.1) is 18.6 Å². The number of hydrogen-bond donors (Lipinski definition) is 1. The van der Waals surface area contributed by atoms with Gasteiger partial charge in [-0.15, -0.1) is 0 Å². The summed E-state index contributed by atoms with van der Waals surface area (Å²) >= 11 is 0. The number of amides is 2. The minimum atomic E-state index is -0.923. The van der Waals surface area contributed by atoms with E-state index in [4.69, 9.17) is 0 Å². The van der Waals surface area contributed by atoms with Crippen molar-refractivity contribution in [2.45, 2.75) is 25.7 Å². The third-order valence-electron chi connectivity index (χ3n) is 2.81. The Labute approximate surface area is 96.8 Å². The first kappa shape index (κ1) is 11.7. The quantitative estimate of drug-likeness (QED) is 0.759. The molecule has 0 saturated carbocycles. The van der Waals surface area contributed by atoms with Gasteiger partial charge < -0.3 is 0 Å². The number of carbonyl (C=O) groups is 2. The van der Waals surface area contributed by atoms with Crippen molar-refractivity contribution in [2.75, 3.05) is 0 Å². The summed E-state index contributed by atoms with van der Waals surface area (Å²) in [5, 5.41) is 2.09. The van der Waals surface area contributed by atoms with Gasteiger partial charge in [-0.05, 0) is 31.0 Å². The molecule has 2 amide bonds. The van der Waals surface area contributed by atoms with Gasteiger partial charge in [-0.1, -0.05) is 0 Å². The highest BCUT2D eigenvalue weighted by molar-refractivity contribution is 6.00. The maximum atomic E-state index is 13.7. The Morgan fingerprint density at radius 2 is 1.82 bits per heavy atom. The Kier molecular flexibility index (Phi) is 2.92. The van der Waals surface area contributed by atoms with Crippen LogP contribution in [0.4, 0.5) is 8.78 Å². The van der Waals surface area contributed by atoms with Gasteiger partial charge in [-0.3, -0.25) is 14.9 Å². The van der Waals surface area contributed by atoms with E-state index in [1.54, 1.807) is 6.92 Å². The van der Waals surface area contributed by atoms with Crippen LogP contribution in [0.15, 0.2) is 12.1 Å². The van der Waals surface area contributed by atoms with Crippen LogP contribution < -0.4 is 5.32 Å². The average Bonchev–Trinajstić information content (AvgIpc) is 2.19. The van der Waals surface area contributed by atoms with Crippen LogP contribution in [0.25, 0.3) is 0 Å². The number of rotatable bonds is 1. The number of carbonyl (C=O) groups excluding carboxylic acids is 2. The molecule has 1 aromatic carbocycles. The molecule has 90 valence electrons. The molecular weight excluding hydrogens is 228 g/mol. The van der Waals surface area contributed by atoms with Crippen molar-refractivity contribution < 1.29 is 18.4 Å². The number of hydrogen-bond acceptors (Lipinski definition) is 2. The highest BCUT2D eigenvalue weighted by atomic mass is 19.1. The summed E-state index contributed by atoms with van der Waals surface area (Å²) in [5.41, 5.74) is 0.205. The molecule has 1 aliphatic rings. The molecule has 0 aromatic heterocycles. The zero-order valence-corrected chi connectivity index (χ0v) is 9.22. The van der Waals surface area contributed by atoms with E-state index < -0.39 is 29.4 Å². The van der Waals surface area contributed by atoms with Crippen LogP contribution in [-0.2, 0) is 9.59 Å². The summed E-state index contributed by atoms with van der Waals surface area (Å²) in [6.45, 7) is 1.57. The molecule has 0 radical (unpaired) electrons. The third-order valence-corrected chi connectivity index (χ3v) is 2.81. The fourth-order valence-electron chi connectivity index (χ4n) is 2.01. The molecule has 1 saturated heterocycles. The zero-order valence-electron chi connectivity index (χ0n) is 9.22. The molecule has 1 atom stereocenters. The van der Waals surface area contributed by atoms with Gasteiger partial charge in [0.15, 0.2) is 0 Å². The van der Waals surface area contributed by atoms with Gasteiger partial charge >= 0.3 is 0 Å². The van der Waals surface area contributed by atoms with Crippen molar-refractivity contribution in [3.8, 4) is 0 Å². The third kappa shape index (κ3) is 2.18. The second-order valence-corrected chi connectivity index (χ2v) is 4.15. The standard InChI is InChI=1S/C12H11F2NO2/c1-6-4-8(13)11(9(14)5-6)7-2-3-10(16)15-12(7)17/h4-5,7H,2-3H2,1H3,(H,15,16,17). The number of halogens is 2. The van der Waals surface area contributed by atoms with E-state index in [0.717, 1.165) is 0 Å². The van der Waals surface area contributed by atoms with E-state index in [2.05, 4.69) is 5.32 Å². The van der Waals surface area contributed by atoms with E-state index in [0.29, 0.717) is 5.56 Å². The summed E-state index contributed by atoms with van der Waals surface area (Å²) in [5.74, 6) is -3.44. The first-order valence-electron chi connectivity index (χ1n) is 5.28. The highest BCUT2D eigenvalue weighted by Crippen LogP contribution is 2.29. The van der Waals surface area contributed by atoms with Crippen molar-refractivity contribution in [1.29, 1.82) is 0 Å². The lowest BCUT2D eigenvalue weighted by molar-refractivity contribution is -0.134. The molecule has 1 unspecified atom stereocenters. The second kappa shape index (κ2) is 4.24. The molecule has 1 aliphatic heterocycles. The van der Waals surface area contributed by atoms with E-state index in [1.807, 2.05) is 0 Å².